The Balaban J connectivity index is 1.44. The van der Waals surface area contributed by atoms with E-state index in [1.165, 1.54) is 10.7 Å². The number of hydrogen-bond donors (Lipinski definition) is 0. The largest absolute Gasteiger partial charge is 0.417 e. The Morgan fingerprint density at radius 1 is 1.12 bits per heavy atom. The van der Waals surface area contributed by atoms with E-state index in [0.717, 1.165) is 41.7 Å². The van der Waals surface area contributed by atoms with Gasteiger partial charge in [-0.1, -0.05) is 0 Å². The van der Waals surface area contributed by atoms with E-state index in [1.54, 1.807) is 25.2 Å². The first-order valence-electron chi connectivity index (χ1n) is 10.2. The number of halogens is 3. The zero-order valence-electron chi connectivity index (χ0n) is 18.0. The number of amides is 1. The number of anilines is 1. The molecule has 0 spiro atoms. The Labute approximate surface area is 187 Å². The molecule has 0 atom stereocenters. The van der Waals surface area contributed by atoms with Crippen molar-refractivity contribution in [2.24, 2.45) is 0 Å². The molecule has 0 aromatic carbocycles. The molecule has 0 unspecified atom stereocenters. The van der Waals surface area contributed by atoms with E-state index in [0.29, 0.717) is 24.5 Å². The minimum atomic E-state index is -4.44. The Morgan fingerprint density at radius 3 is 2.41 bits per heavy atom. The molecule has 0 radical (unpaired) electrons. The first-order valence-corrected chi connectivity index (χ1v) is 11.0. The Bertz CT molecular complexity index is 1110. The summed E-state index contributed by atoms with van der Waals surface area (Å²) in [5, 5.41) is 7.41. The number of nitrogens with zero attached hydrogens (tertiary/aromatic N) is 6. The second-order valence-corrected chi connectivity index (χ2v) is 8.62. The lowest BCUT2D eigenvalue weighted by Gasteiger charge is -2.34. The van der Waals surface area contributed by atoms with Crippen molar-refractivity contribution in [2.45, 2.75) is 33.4 Å². The lowest BCUT2D eigenvalue weighted by molar-refractivity contribution is -0.137. The van der Waals surface area contributed by atoms with Gasteiger partial charge < -0.3 is 9.80 Å². The van der Waals surface area contributed by atoms with Gasteiger partial charge in [0.25, 0.3) is 0 Å². The molecule has 0 N–H and O–H groups in total. The fraction of sp³-hybridized carbons (Fsp3) is 0.429. The number of alkyl halides is 3. The summed E-state index contributed by atoms with van der Waals surface area (Å²) >= 11 is 1.61. The quantitative estimate of drug-likeness (QED) is 0.591. The fourth-order valence-corrected chi connectivity index (χ4v) is 4.59. The van der Waals surface area contributed by atoms with Crippen molar-refractivity contribution in [3.8, 4) is 5.82 Å². The van der Waals surface area contributed by atoms with Crippen LogP contribution in [0.15, 0.2) is 23.7 Å². The van der Waals surface area contributed by atoms with E-state index >= 15 is 0 Å². The number of aromatic nitrogens is 4. The van der Waals surface area contributed by atoms with Crippen LogP contribution in [0.3, 0.4) is 0 Å². The molecular weight excluding hydrogens is 441 g/mol. The van der Waals surface area contributed by atoms with Crippen LogP contribution in [-0.2, 0) is 17.4 Å². The highest BCUT2D eigenvalue weighted by Crippen LogP contribution is 2.29. The van der Waals surface area contributed by atoms with Crippen LogP contribution >= 0.6 is 11.3 Å². The van der Waals surface area contributed by atoms with Crippen LogP contribution in [0.2, 0.25) is 0 Å². The summed E-state index contributed by atoms with van der Waals surface area (Å²) in [5.74, 6) is 0.288. The standard InChI is InChI=1S/C21H23F3N6OS/c1-13-12-32-20(26-13)29-8-6-28(7-9-29)19(31)10-17-14(2)27-30(15(17)3)18-5-4-16(11-25-18)21(22,23)24/h4-5,11-12H,6-10H2,1-3H3. The topological polar surface area (TPSA) is 67.2 Å². The number of carbonyl (C=O) groups is 1. The maximum atomic E-state index is 12.9. The number of aryl methyl sites for hydroxylation is 2. The van der Waals surface area contributed by atoms with Gasteiger partial charge in [0.1, 0.15) is 0 Å². The van der Waals surface area contributed by atoms with Gasteiger partial charge in [-0.15, -0.1) is 11.3 Å². The van der Waals surface area contributed by atoms with Crippen LogP contribution in [0, 0.1) is 20.8 Å². The molecule has 1 aliphatic rings. The number of pyridine rings is 1. The summed E-state index contributed by atoms with van der Waals surface area (Å²) in [6.07, 6.45) is -3.46. The van der Waals surface area contributed by atoms with Gasteiger partial charge in [0.15, 0.2) is 10.9 Å². The summed E-state index contributed by atoms with van der Waals surface area (Å²) in [7, 11) is 0. The van der Waals surface area contributed by atoms with Crippen LogP contribution in [0.5, 0.6) is 0 Å². The minimum absolute atomic E-state index is 0.00565. The van der Waals surface area contributed by atoms with Crippen LogP contribution in [0.4, 0.5) is 18.3 Å². The Hall–Kier alpha value is -2.95. The van der Waals surface area contributed by atoms with E-state index in [1.807, 2.05) is 17.2 Å². The number of piperazine rings is 1. The van der Waals surface area contributed by atoms with Crippen molar-refractivity contribution in [3.05, 3.63) is 51.9 Å². The SMILES string of the molecule is Cc1csc(N2CCN(C(=O)Cc3c(C)nn(-c4ccc(C(F)(F)F)cn4)c3C)CC2)n1. The van der Waals surface area contributed by atoms with Crippen molar-refractivity contribution in [1.82, 2.24) is 24.6 Å². The van der Waals surface area contributed by atoms with Crippen LogP contribution in [0.25, 0.3) is 5.82 Å². The lowest BCUT2D eigenvalue weighted by atomic mass is 10.1. The molecule has 0 saturated carbocycles. The first-order chi connectivity index (χ1) is 15.1. The van der Waals surface area contributed by atoms with Gasteiger partial charge in [0.2, 0.25) is 5.91 Å². The van der Waals surface area contributed by atoms with Crippen molar-refractivity contribution < 1.29 is 18.0 Å². The molecule has 0 bridgehead atoms. The molecular formula is C21H23F3N6OS. The molecule has 1 saturated heterocycles. The predicted octanol–water partition coefficient (Wildman–Crippen LogP) is 3.56. The number of carbonyl (C=O) groups excluding carboxylic acids is 1. The summed E-state index contributed by atoms with van der Waals surface area (Å²) in [5.41, 5.74) is 2.31. The van der Waals surface area contributed by atoms with Crippen LogP contribution in [-0.4, -0.2) is 56.7 Å². The van der Waals surface area contributed by atoms with E-state index in [2.05, 4.69) is 20.0 Å². The average molecular weight is 465 g/mol. The highest BCUT2D eigenvalue weighted by Gasteiger charge is 2.31. The number of thiazole rings is 1. The maximum Gasteiger partial charge on any atom is 0.417 e. The van der Waals surface area contributed by atoms with Crippen molar-refractivity contribution in [2.75, 3.05) is 31.1 Å². The van der Waals surface area contributed by atoms with E-state index in [-0.39, 0.29) is 18.1 Å². The molecule has 4 heterocycles. The molecule has 7 nitrogen and oxygen atoms in total. The maximum absolute atomic E-state index is 12.9. The minimum Gasteiger partial charge on any atom is -0.345 e. The average Bonchev–Trinajstić information content (AvgIpc) is 3.31. The molecule has 32 heavy (non-hydrogen) atoms. The van der Waals surface area contributed by atoms with E-state index in [9.17, 15) is 18.0 Å². The smallest absolute Gasteiger partial charge is 0.345 e. The van der Waals surface area contributed by atoms with Crippen molar-refractivity contribution in [1.29, 1.82) is 0 Å². The molecule has 3 aromatic heterocycles. The predicted molar refractivity (Wildman–Crippen MR) is 115 cm³/mol. The monoisotopic (exact) mass is 464 g/mol. The molecule has 4 rings (SSSR count). The van der Waals surface area contributed by atoms with Gasteiger partial charge >= 0.3 is 6.18 Å². The van der Waals surface area contributed by atoms with Gasteiger partial charge in [0.05, 0.1) is 23.4 Å². The molecule has 1 amide bonds. The van der Waals surface area contributed by atoms with Crippen molar-refractivity contribution in [3.63, 3.8) is 0 Å². The lowest BCUT2D eigenvalue weighted by Crippen LogP contribution is -2.49. The molecule has 1 aliphatic heterocycles. The Kier molecular flexibility index (Phi) is 5.93. The van der Waals surface area contributed by atoms with Gasteiger partial charge in [-0.3, -0.25) is 4.79 Å². The summed E-state index contributed by atoms with van der Waals surface area (Å²) in [4.78, 5) is 25.4. The molecule has 0 aliphatic carbocycles. The van der Waals surface area contributed by atoms with E-state index in [4.69, 9.17) is 0 Å². The fourth-order valence-electron chi connectivity index (χ4n) is 3.73. The number of rotatable bonds is 4. The molecule has 1 fully saturated rings. The first kappa shape index (κ1) is 22.3. The van der Waals surface area contributed by atoms with Gasteiger partial charge in [-0.2, -0.15) is 18.3 Å². The van der Waals surface area contributed by atoms with Gasteiger partial charge in [-0.05, 0) is 32.9 Å². The molecule has 170 valence electrons. The zero-order chi connectivity index (χ0) is 23.0. The second-order valence-electron chi connectivity index (χ2n) is 7.78. The summed E-state index contributed by atoms with van der Waals surface area (Å²) in [6, 6.07) is 2.26. The Morgan fingerprint density at radius 2 is 1.84 bits per heavy atom. The van der Waals surface area contributed by atoms with Gasteiger partial charge in [0, 0.05) is 49.0 Å². The summed E-state index contributed by atoms with van der Waals surface area (Å²) in [6.45, 7) is 8.24. The van der Waals surface area contributed by atoms with Crippen LogP contribution < -0.4 is 4.90 Å². The normalized spacial score (nSPS) is 14.8. The highest BCUT2D eigenvalue weighted by atomic mass is 32.1. The third-order valence-electron chi connectivity index (χ3n) is 5.57. The van der Waals surface area contributed by atoms with Gasteiger partial charge in [-0.25, -0.2) is 14.6 Å². The number of hydrogen-bond acceptors (Lipinski definition) is 6. The van der Waals surface area contributed by atoms with Crippen LogP contribution in [0.1, 0.15) is 28.2 Å². The molecule has 3 aromatic rings. The zero-order valence-corrected chi connectivity index (χ0v) is 18.8. The van der Waals surface area contributed by atoms with E-state index < -0.39 is 11.7 Å². The molecule has 11 heteroatoms. The third-order valence-corrected chi connectivity index (χ3v) is 6.59. The second kappa shape index (κ2) is 8.53. The highest BCUT2D eigenvalue weighted by molar-refractivity contribution is 7.13. The summed E-state index contributed by atoms with van der Waals surface area (Å²) < 4.78 is 39.9. The third kappa shape index (κ3) is 4.47. The van der Waals surface area contributed by atoms with Crippen molar-refractivity contribution >= 4 is 22.4 Å².